The van der Waals surface area contributed by atoms with Gasteiger partial charge in [0.2, 0.25) is 11.8 Å². The number of hydrogen-bond acceptors (Lipinski definition) is 5. The van der Waals surface area contributed by atoms with Crippen molar-refractivity contribution in [1.29, 1.82) is 0 Å². The summed E-state index contributed by atoms with van der Waals surface area (Å²) < 4.78 is 14.0. The second-order valence-electron chi connectivity index (χ2n) is 7.02. The summed E-state index contributed by atoms with van der Waals surface area (Å²) in [6.07, 6.45) is 0.0975. The molecule has 27 heavy (non-hydrogen) atoms. The van der Waals surface area contributed by atoms with Crippen LogP contribution in [-0.4, -0.2) is 90.1 Å². The van der Waals surface area contributed by atoms with Crippen LogP contribution in [0, 0.1) is 5.82 Å². The zero-order valence-corrected chi connectivity index (χ0v) is 15.4. The van der Waals surface area contributed by atoms with E-state index >= 15 is 0 Å². The Labute approximate surface area is 158 Å². The smallest absolute Gasteiger partial charge is 0.237 e. The molecule has 1 aromatic carbocycles. The molecular weight excluding hydrogens is 351 g/mol. The second kappa shape index (κ2) is 9.25. The van der Waals surface area contributed by atoms with Gasteiger partial charge in [-0.1, -0.05) is 18.2 Å². The standard InChI is InChI=1S/C19H27FN4O3/c20-16-4-2-1-3-15(16)14-24-6-5-21-19(27)17(24)13-18(26)23-9-7-22(8-10-23)11-12-25/h1-4,17,25H,5-14H2,(H,21,27). The van der Waals surface area contributed by atoms with E-state index in [9.17, 15) is 14.0 Å². The van der Waals surface area contributed by atoms with Crippen LogP contribution in [0.3, 0.4) is 0 Å². The minimum atomic E-state index is -0.582. The number of halogens is 1. The molecule has 1 aromatic rings. The van der Waals surface area contributed by atoms with E-state index in [4.69, 9.17) is 5.11 Å². The third-order valence-corrected chi connectivity index (χ3v) is 5.28. The highest BCUT2D eigenvalue weighted by Gasteiger charge is 2.33. The monoisotopic (exact) mass is 378 g/mol. The van der Waals surface area contributed by atoms with Crippen LogP contribution in [-0.2, 0) is 16.1 Å². The fraction of sp³-hybridized carbons (Fsp3) is 0.579. The summed E-state index contributed by atoms with van der Waals surface area (Å²) in [5.74, 6) is -0.530. The average molecular weight is 378 g/mol. The molecule has 0 aromatic heterocycles. The second-order valence-corrected chi connectivity index (χ2v) is 7.02. The Hall–Kier alpha value is -2.03. The Morgan fingerprint density at radius 1 is 1.19 bits per heavy atom. The normalized spacial score (nSPS) is 21.9. The lowest BCUT2D eigenvalue weighted by molar-refractivity contribution is -0.140. The molecule has 0 radical (unpaired) electrons. The molecular formula is C19H27FN4O3. The summed E-state index contributed by atoms with van der Waals surface area (Å²) in [5, 5.41) is 11.8. The number of piperazine rings is 2. The van der Waals surface area contributed by atoms with E-state index in [2.05, 4.69) is 10.2 Å². The molecule has 0 saturated carbocycles. The van der Waals surface area contributed by atoms with Crippen molar-refractivity contribution in [3.8, 4) is 0 Å². The number of hydrogen-bond donors (Lipinski definition) is 2. The van der Waals surface area contributed by atoms with Crippen molar-refractivity contribution < 1.29 is 19.1 Å². The first-order chi connectivity index (χ1) is 13.1. The van der Waals surface area contributed by atoms with Gasteiger partial charge in [-0.25, -0.2) is 4.39 Å². The molecule has 2 saturated heterocycles. The fourth-order valence-corrected chi connectivity index (χ4v) is 3.68. The minimum absolute atomic E-state index is 0.0563. The molecule has 0 spiro atoms. The molecule has 2 amide bonds. The number of carbonyl (C=O) groups is 2. The number of nitrogens with zero attached hydrogens (tertiary/aromatic N) is 3. The number of rotatable bonds is 6. The first-order valence-corrected chi connectivity index (χ1v) is 9.44. The molecule has 2 aliphatic rings. The lowest BCUT2D eigenvalue weighted by Gasteiger charge is -2.38. The van der Waals surface area contributed by atoms with Crippen molar-refractivity contribution in [3.63, 3.8) is 0 Å². The van der Waals surface area contributed by atoms with Gasteiger partial charge < -0.3 is 15.3 Å². The van der Waals surface area contributed by atoms with Crippen molar-refractivity contribution in [2.75, 3.05) is 52.4 Å². The molecule has 2 heterocycles. The van der Waals surface area contributed by atoms with Crippen LogP contribution in [0.4, 0.5) is 4.39 Å². The summed E-state index contributed by atoms with van der Waals surface area (Å²) in [5.41, 5.74) is 0.530. The summed E-state index contributed by atoms with van der Waals surface area (Å²) >= 11 is 0. The number of carbonyl (C=O) groups excluding carboxylic acids is 2. The minimum Gasteiger partial charge on any atom is -0.395 e. The van der Waals surface area contributed by atoms with E-state index in [0.717, 1.165) is 13.1 Å². The highest BCUT2D eigenvalue weighted by Crippen LogP contribution is 2.17. The maximum atomic E-state index is 14.0. The zero-order chi connectivity index (χ0) is 19.2. The third-order valence-electron chi connectivity index (χ3n) is 5.28. The van der Waals surface area contributed by atoms with Gasteiger partial charge >= 0.3 is 0 Å². The number of amides is 2. The van der Waals surface area contributed by atoms with Crippen LogP contribution in [0.5, 0.6) is 0 Å². The highest BCUT2D eigenvalue weighted by atomic mass is 19.1. The maximum Gasteiger partial charge on any atom is 0.237 e. The van der Waals surface area contributed by atoms with Crippen LogP contribution >= 0.6 is 0 Å². The van der Waals surface area contributed by atoms with Crippen molar-refractivity contribution in [1.82, 2.24) is 20.0 Å². The molecule has 2 fully saturated rings. The van der Waals surface area contributed by atoms with Crippen LogP contribution in [0.25, 0.3) is 0 Å². The van der Waals surface area contributed by atoms with Gasteiger partial charge in [0.15, 0.2) is 0 Å². The van der Waals surface area contributed by atoms with Gasteiger partial charge in [0, 0.05) is 57.9 Å². The van der Waals surface area contributed by atoms with Crippen LogP contribution in [0.2, 0.25) is 0 Å². The number of benzene rings is 1. The number of aliphatic hydroxyl groups excluding tert-OH is 1. The van der Waals surface area contributed by atoms with Gasteiger partial charge in [0.1, 0.15) is 5.82 Å². The first kappa shape index (κ1) is 19.7. The summed E-state index contributed by atoms with van der Waals surface area (Å²) in [7, 11) is 0. The summed E-state index contributed by atoms with van der Waals surface area (Å²) in [4.78, 5) is 30.9. The third kappa shape index (κ3) is 5.03. The zero-order valence-electron chi connectivity index (χ0n) is 15.4. The molecule has 7 nitrogen and oxygen atoms in total. The van der Waals surface area contributed by atoms with Gasteiger partial charge in [-0.05, 0) is 6.07 Å². The molecule has 1 unspecified atom stereocenters. The van der Waals surface area contributed by atoms with Crippen LogP contribution in [0.1, 0.15) is 12.0 Å². The molecule has 8 heteroatoms. The van der Waals surface area contributed by atoms with Crippen LogP contribution < -0.4 is 5.32 Å². The summed E-state index contributed by atoms with van der Waals surface area (Å²) in [6.45, 7) is 4.76. The average Bonchev–Trinajstić information content (AvgIpc) is 2.67. The topological polar surface area (TPSA) is 76.1 Å². The molecule has 0 aliphatic carbocycles. The van der Waals surface area contributed by atoms with E-state index in [-0.39, 0.29) is 30.7 Å². The fourth-order valence-electron chi connectivity index (χ4n) is 3.68. The maximum absolute atomic E-state index is 14.0. The largest absolute Gasteiger partial charge is 0.395 e. The Bertz CT molecular complexity index is 664. The van der Waals surface area contributed by atoms with Gasteiger partial charge in [-0.3, -0.25) is 19.4 Å². The lowest BCUT2D eigenvalue weighted by atomic mass is 10.1. The molecule has 148 valence electrons. The van der Waals surface area contributed by atoms with E-state index in [1.807, 2.05) is 4.90 Å². The lowest BCUT2D eigenvalue weighted by Crippen LogP contribution is -2.57. The van der Waals surface area contributed by atoms with Gasteiger partial charge in [0.05, 0.1) is 19.1 Å². The van der Waals surface area contributed by atoms with E-state index in [0.29, 0.717) is 44.8 Å². The molecule has 2 aliphatic heterocycles. The Balaban J connectivity index is 1.61. The first-order valence-electron chi connectivity index (χ1n) is 9.44. The van der Waals surface area contributed by atoms with E-state index in [1.165, 1.54) is 6.07 Å². The quantitative estimate of drug-likeness (QED) is 0.708. The number of β-amino-alcohol motifs (C(OH)–C–C–N with tert-alkyl or cyclic N) is 1. The number of aliphatic hydroxyl groups is 1. The van der Waals surface area contributed by atoms with Gasteiger partial charge in [-0.2, -0.15) is 0 Å². The van der Waals surface area contributed by atoms with E-state index < -0.39 is 6.04 Å². The molecule has 0 bridgehead atoms. The Kier molecular flexibility index (Phi) is 6.76. The highest BCUT2D eigenvalue weighted by molar-refractivity contribution is 5.88. The predicted molar refractivity (Wildman–Crippen MR) is 98.3 cm³/mol. The molecule has 2 N–H and O–H groups in total. The Morgan fingerprint density at radius 2 is 1.93 bits per heavy atom. The van der Waals surface area contributed by atoms with Crippen molar-refractivity contribution in [2.24, 2.45) is 0 Å². The van der Waals surface area contributed by atoms with Crippen molar-refractivity contribution in [3.05, 3.63) is 35.6 Å². The molecule has 3 rings (SSSR count). The van der Waals surface area contributed by atoms with Crippen molar-refractivity contribution in [2.45, 2.75) is 19.0 Å². The summed E-state index contributed by atoms with van der Waals surface area (Å²) in [6, 6.07) is 5.95. The van der Waals surface area contributed by atoms with E-state index in [1.54, 1.807) is 23.1 Å². The van der Waals surface area contributed by atoms with Crippen LogP contribution in [0.15, 0.2) is 24.3 Å². The SMILES string of the molecule is O=C1NCCN(Cc2ccccc2F)C1CC(=O)N1CCN(CCO)CC1. The van der Waals surface area contributed by atoms with Crippen molar-refractivity contribution >= 4 is 11.8 Å². The predicted octanol–water partition coefficient (Wildman–Crippen LogP) is -0.347. The van der Waals surface area contributed by atoms with Gasteiger partial charge in [-0.15, -0.1) is 0 Å². The number of nitrogens with one attached hydrogen (secondary N) is 1. The van der Waals surface area contributed by atoms with Gasteiger partial charge in [0.25, 0.3) is 0 Å². The molecule has 1 atom stereocenters. The Morgan fingerprint density at radius 3 is 2.63 bits per heavy atom.